The molecule has 0 aliphatic rings. The zero-order valence-corrected chi connectivity index (χ0v) is 11.4. The summed E-state index contributed by atoms with van der Waals surface area (Å²) in [5.74, 6) is -1.97. The van der Waals surface area contributed by atoms with Crippen molar-refractivity contribution in [2.45, 2.75) is 26.8 Å². The molecular weight excluding hydrogens is 264 g/mol. The van der Waals surface area contributed by atoms with E-state index in [-0.39, 0.29) is 11.3 Å². The van der Waals surface area contributed by atoms with Gasteiger partial charge in [0.25, 0.3) is 11.6 Å². The summed E-state index contributed by atoms with van der Waals surface area (Å²) in [5, 5.41) is 22.3. The number of benzene rings is 1. The number of hydrogen-bond donors (Lipinski definition) is 2. The molecule has 0 fully saturated rings. The molecule has 1 amide bonds. The van der Waals surface area contributed by atoms with Gasteiger partial charge in [0.2, 0.25) is 0 Å². The first-order valence-electron chi connectivity index (χ1n) is 5.91. The van der Waals surface area contributed by atoms with Crippen LogP contribution in [0.5, 0.6) is 0 Å². The maximum Gasteiger partial charge on any atom is 0.326 e. The van der Waals surface area contributed by atoms with Crippen molar-refractivity contribution in [1.82, 2.24) is 5.32 Å². The Balaban J connectivity index is 3.08. The molecule has 0 radical (unpaired) electrons. The number of carbonyl (C=O) groups is 2. The molecule has 1 aromatic rings. The Bertz CT molecular complexity index is 548. The fraction of sp³-hybridized carbons (Fsp3) is 0.385. The Morgan fingerprint density at radius 3 is 2.30 bits per heavy atom. The molecule has 7 nitrogen and oxygen atoms in total. The van der Waals surface area contributed by atoms with Crippen LogP contribution in [0.3, 0.4) is 0 Å². The van der Waals surface area contributed by atoms with Crippen LogP contribution in [0.15, 0.2) is 24.3 Å². The first-order chi connectivity index (χ1) is 9.14. The summed E-state index contributed by atoms with van der Waals surface area (Å²) in [6.07, 6.45) is 0. The van der Waals surface area contributed by atoms with Gasteiger partial charge in [-0.3, -0.25) is 14.9 Å². The number of rotatable bonds is 4. The molecule has 1 aromatic carbocycles. The second-order valence-electron chi connectivity index (χ2n) is 5.38. The van der Waals surface area contributed by atoms with Crippen molar-refractivity contribution in [3.63, 3.8) is 0 Å². The molecule has 0 heterocycles. The van der Waals surface area contributed by atoms with E-state index in [0.717, 1.165) is 0 Å². The third-order valence-electron chi connectivity index (χ3n) is 2.73. The van der Waals surface area contributed by atoms with E-state index >= 15 is 0 Å². The summed E-state index contributed by atoms with van der Waals surface area (Å²) in [5.41, 5.74) is -1.23. The highest BCUT2D eigenvalue weighted by Crippen LogP contribution is 2.22. The minimum Gasteiger partial charge on any atom is -0.480 e. The molecular formula is C13H16N2O5. The van der Waals surface area contributed by atoms with Crippen LogP contribution >= 0.6 is 0 Å². The van der Waals surface area contributed by atoms with Crippen LogP contribution in [0.1, 0.15) is 31.1 Å². The van der Waals surface area contributed by atoms with Gasteiger partial charge in [-0.05, 0) is 11.5 Å². The summed E-state index contributed by atoms with van der Waals surface area (Å²) in [4.78, 5) is 33.4. The van der Waals surface area contributed by atoms with Crippen LogP contribution in [0.25, 0.3) is 0 Å². The van der Waals surface area contributed by atoms with Crippen molar-refractivity contribution in [1.29, 1.82) is 0 Å². The Morgan fingerprint density at radius 1 is 1.30 bits per heavy atom. The third-order valence-corrected chi connectivity index (χ3v) is 2.73. The van der Waals surface area contributed by atoms with Crippen LogP contribution in [-0.4, -0.2) is 27.9 Å². The van der Waals surface area contributed by atoms with Crippen LogP contribution in [0, 0.1) is 15.5 Å². The molecule has 0 saturated carbocycles. The van der Waals surface area contributed by atoms with Gasteiger partial charge in [-0.25, -0.2) is 4.79 Å². The topological polar surface area (TPSA) is 110 Å². The average Bonchev–Trinajstić information content (AvgIpc) is 2.33. The minimum absolute atomic E-state index is 0.159. The monoisotopic (exact) mass is 280 g/mol. The van der Waals surface area contributed by atoms with E-state index in [0.29, 0.717) is 0 Å². The molecule has 2 N–H and O–H groups in total. The maximum absolute atomic E-state index is 12.1. The highest BCUT2D eigenvalue weighted by molar-refractivity contribution is 6.00. The number of nitrogens with one attached hydrogen (secondary N) is 1. The number of nitro benzene ring substituents is 1. The number of carboxylic acids is 1. The average molecular weight is 280 g/mol. The number of nitro groups is 1. The summed E-state index contributed by atoms with van der Waals surface area (Å²) in [6, 6.07) is 4.26. The molecule has 1 rings (SSSR count). The van der Waals surface area contributed by atoms with Gasteiger partial charge in [0, 0.05) is 6.07 Å². The lowest BCUT2D eigenvalue weighted by atomic mass is 9.86. The van der Waals surface area contributed by atoms with E-state index in [1.807, 2.05) is 0 Å². The lowest BCUT2D eigenvalue weighted by molar-refractivity contribution is -0.385. The molecule has 0 aliphatic heterocycles. The van der Waals surface area contributed by atoms with Gasteiger partial charge in [0.1, 0.15) is 11.6 Å². The highest BCUT2D eigenvalue weighted by atomic mass is 16.6. The first kappa shape index (κ1) is 15.6. The summed E-state index contributed by atoms with van der Waals surface area (Å²) in [7, 11) is 0. The lowest BCUT2D eigenvalue weighted by Crippen LogP contribution is -2.49. The number of aliphatic carboxylic acids is 1. The number of nitrogens with zero attached hydrogens (tertiary/aromatic N) is 1. The van der Waals surface area contributed by atoms with Gasteiger partial charge in [-0.15, -0.1) is 0 Å². The quantitative estimate of drug-likeness (QED) is 0.645. The van der Waals surface area contributed by atoms with E-state index < -0.39 is 28.3 Å². The molecule has 20 heavy (non-hydrogen) atoms. The molecule has 0 spiro atoms. The fourth-order valence-electron chi connectivity index (χ4n) is 1.68. The predicted octanol–water partition coefficient (Wildman–Crippen LogP) is 1.82. The van der Waals surface area contributed by atoms with Gasteiger partial charge in [-0.2, -0.15) is 0 Å². The standard InChI is InChI=1S/C13H16N2O5/c1-13(2,3)10(12(17)18)14-11(16)8-6-4-5-7-9(8)15(19)20/h4-7,10H,1-3H3,(H,14,16)(H,17,18). The van der Waals surface area contributed by atoms with Crippen LogP contribution in [-0.2, 0) is 4.79 Å². The Kier molecular flexibility index (Phi) is 4.44. The normalized spacial score (nSPS) is 12.6. The highest BCUT2D eigenvalue weighted by Gasteiger charge is 2.34. The van der Waals surface area contributed by atoms with Gasteiger partial charge < -0.3 is 10.4 Å². The molecule has 0 aromatic heterocycles. The first-order valence-corrected chi connectivity index (χ1v) is 5.91. The number of amides is 1. The minimum atomic E-state index is -1.19. The zero-order chi connectivity index (χ0) is 15.5. The largest absolute Gasteiger partial charge is 0.480 e. The number of carboxylic acid groups (broad SMARTS) is 1. The van der Waals surface area contributed by atoms with Crippen molar-refractivity contribution in [3.05, 3.63) is 39.9 Å². The number of carbonyl (C=O) groups excluding carboxylic acids is 1. The second kappa shape index (κ2) is 5.68. The van der Waals surface area contributed by atoms with Gasteiger partial charge >= 0.3 is 5.97 Å². The molecule has 108 valence electrons. The van der Waals surface area contributed by atoms with E-state index in [2.05, 4.69) is 5.32 Å². The van der Waals surface area contributed by atoms with Crippen LogP contribution in [0.2, 0.25) is 0 Å². The van der Waals surface area contributed by atoms with E-state index in [9.17, 15) is 19.7 Å². The molecule has 1 atom stereocenters. The van der Waals surface area contributed by atoms with E-state index in [1.165, 1.54) is 24.3 Å². The lowest BCUT2D eigenvalue weighted by Gasteiger charge is -2.27. The van der Waals surface area contributed by atoms with E-state index in [1.54, 1.807) is 20.8 Å². The Hall–Kier alpha value is -2.44. The second-order valence-corrected chi connectivity index (χ2v) is 5.38. The Labute approximate surface area is 115 Å². The van der Waals surface area contributed by atoms with Crippen LogP contribution < -0.4 is 5.32 Å². The third kappa shape index (κ3) is 3.53. The fourth-order valence-corrected chi connectivity index (χ4v) is 1.68. The van der Waals surface area contributed by atoms with E-state index in [4.69, 9.17) is 5.11 Å². The zero-order valence-electron chi connectivity index (χ0n) is 11.4. The molecule has 0 bridgehead atoms. The van der Waals surface area contributed by atoms with Crippen molar-refractivity contribution in [2.24, 2.45) is 5.41 Å². The molecule has 0 saturated heterocycles. The number of para-hydroxylation sites is 1. The van der Waals surface area contributed by atoms with Gasteiger partial charge in [-0.1, -0.05) is 32.9 Å². The maximum atomic E-state index is 12.1. The molecule has 1 unspecified atom stereocenters. The predicted molar refractivity (Wildman–Crippen MR) is 71.4 cm³/mol. The smallest absolute Gasteiger partial charge is 0.326 e. The van der Waals surface area contributed by atoms with Gasteiger partial charge in [0.15, 0.2) is 0 Å². The van der Waals surface area contributed by atoms with Crippen molar-refractivity contribution < 1.29 is 19.6 Å². The van der Waals surface area contributed by atoms with Crippen molar-refractivity contribution in [3.8, 4) is 0 Å². The van der Waals surface area contributed by atoms with Crippen LogP contribution in [0.4, 0.5) is 5.69 Å². The molecule has 0 aliphatic carbocycles. The summed E-state index contributed by atoms with van der Waals surface area (Å²) in [6.45, 7) is 4.97. The summed E-state index contributed by atoms with van der Waals surface area (Å²) >= 11 is 0. The van der Waals surface area contributed by atoms with Gasteiger partial charge in [0.05, 0.1) is 4.92 Å². The Morgan fingerprint density at radius 2 is 1.85 bits per heavy atom. The molecule has 7 heteroatoms. The summed E-state index contributed by atoms with van der Waals surface area (Å²) < 4.78 is 0. The van der Waals surface area contributed by atoms with Crippen molar-refractivity contribution in [2.75, 3.05) is 0 Å². The van der Waals surface area contributed by atoms with Crippen molar-refractivity contribution >= 4 is 17.6 Å². The number of hydrogen-bond acceptors (Lipinski definition) is 4. The SMILES string of the molecule is CC(C)(C)C(NC(=O)c1ccccc1[N+](=O)[O-])C(=O)O.